The van der Waals surface area contributed by atoms with Crippen molar-refractivity contribution in [2.45, 2.75) is 13.8 Å². The molecule has 174 valence electrons. The van der Waals surface area contributed by atoms with Crippen molar-refractivity contribution in [3.63, 3.8) is 0 Å². The SMILES string of the molecule is Cc1ccc2nc(-c3ccc(Cl)c(NC(=O)/C=C/c4ccc(-c5ccc(C)c(Cl)c5)o4)c3)oc2c1. The first kappa shape index (κ1) is 23.0. The van der Waals surface area contributed by atoms with Gasteiger partial charge in [0, 0.05) is 22.2 Å². The summed E-state index contributed by atoms with van der Waals surface area (Å²) in [5, 5.41) is 3.87. The maximum absolute atomic E-state index is 12.6. The first-order valence-corrected chi connectivity index (χ1v) is 11.6. The van der Waals surface area contributed by atoms with Gasteiger partial charge in [-0.1, -0.05) is 41.4 Å². The molecule has 0 aliphatic carbocycles. The molecule has 5 aromatic rings. The minimum Gasteiger partial charge on any atom is -0.457 e. The van der Waals surface area contributed by atoms with E-state index in [9.17, 15) is 4.79 Å². The molecule has 1 amide bonds. The molecule has 5 nitrogen and oxygen atoms in total. The molecule has 0 bridgehead atoms. The van der Waals surface area contributed by atoms with Gasteiger partial charge >= 0.3 is 0 Å². The van der Waals surface area contributed by atoms with Crippen molar-refractivity contribution < 1.29 is 13.6 Å². The predicted octanol–water partition coefficient (Wildman–Crippen LogP) is 8.33. The lowest BCUT2D eigenvalue weighted by Crippen LogP contribution is -2.08. The van der Waals surface area contributed by atoms with Gasteiger partial charge in [-0.05, 0) is 79.6 Å². The molecule has 3 aromatic carbocycles. The molecule has 0 aliphatic heterocycles. The number of carbonyl (C=O) groups excluding carboxylic acids is 1. The van der Waals surface area contributed by atoms with E-state index in [-0.39, 0.29) is 5.91 Å². The highest BCUT2D eigenvalue weighted by Crippen LogP contribution is 2.31. The number of aromatic nitrogens is 1. The number of furan rings is 1. The molecule has 5 rings (SSSR count). The fourth-order valence-corrected chi connectivity index (χ4v) is 3.93. The minimum absolute atomic E-state index is 0.353. The van der Waals surface area contributed by atoms with Gasteiger partial charge < -0.3 is 14.2 Å². The summed E-state index contributed by atoms with van der Waals surface area (Å²) in [6.07, 6.45) is 2.98. The number of hydrogen-bond donors (Lipinski definition) is 1. The standard InChI is InChI=1S/C28H20Cl2N2O3/c1-16-3-10-23-26(13-16)35-28(32-23)19-6-9-21(29)24(15-19)31-27(33)12-8-20-7-11-25(34-20)18-5-4-17(2)22(30)14-18/h3-15H,1-2H3,(H,31,33)/b12-8+. The molecule has 7 heteroatoms. The van der Waals surface area contributed by atoms with Crippen LogP contribution in [0.15, 0.2) is 81.6 Å². The Bertz CT molecular complexity index is 1600. The van der Waals surface area contributed by atoms with Crippen LogP contribution in [0.1, 0.15) is 16.9 Å². The largest absolute Gasteiger partial charge is 0.457 e. The van der Waals surface area contributed by atoms with Gasteiger partial charge in [0.15, 0.2) is 5.58 Å². The van der Waals surface area contributed by atoms with Crippen LogP contribution < -0.4 is 5.32 Å². The number of fused-ring (bicyclic) bond motifs is 1. The Morgan fingerprint density at radius 3 is 2.54 bits per heavy atom. The fourth-order valence-electron chi connectivity index (χ4n) is 3.59. The van der Waals surface area contributed by atoms with Crippen LogP contribution in [0.3, 0.4) is 0 Å². The van der Waals surface area contributed by atoms with Gasteiger partial charge in [0.05, 0.1) is 10.7 Å². The number of amides is 1. The molecule has 0 saturated carbocycles. The van der Waals surface area contributed by atoms with Gasteiger partial charge in [0.1, 0.15) is 17.0 Å². The number of aryl methyl sites for hydroxylation is 2. The summed E-state index contributed by atoms with van der Waals surface area (Å²) in [6.45, 7) is 3.93. The van der Waals surface area contributed by atoms with Gasteiger partial charge in [0.25, 0.3) is 0 Å². The highest BCUT2D eigenvalue weighted by molar-refractivity contribution is 6.34. The third-order valence-corrected chi connectivity index (χ3v) is 6.23. The van der Waals surface area contributed by atoms with Crippen molar-refractivity contribution in [1.82, 2.24) is 4.98 Å². The molecule has 35 heavy (non-hydrogen) atoms. The summed E-state index contributed by atoms with van der Waals surface area (Å²) >= 11 is 12.5. The van der Waals surface area contributed by atoms with E-state index in [2.05, 4.69) is 10.3 Å². The monoisotopic (exact) mass is 502 g/mol. The average Bonchev–Trinajstić information content (AvgIpc) is 3.48. The molecular weight excluding hydrogens is 483 g/mol. The van der Waals surface area contributed by atoms with Crippen LogP contribution in [0.5, 0.6) is 0 Å². The van der Waals surface area contributed by atoms with E-state index in [0.717, 1.165) is 22.2 Å². The zero-order valence-corrected chi connectivity index (χ0v) is 20.4. The van der Waals surface area contributed by atoms with Crippen LogP contribution in [-0.2, 0) is 4.79 Å². The van der Waals surface area contributed by atoms with E-state index in [4.69, 9.17) is 32.0 Å². The van der Waals surface area contributed by atoms with Crippen molar-refractivity contribution in [3.8, 4) is 22.8 Å². The Morgan fingerprint density at radius 1 is 0.886 bits per heavy atom. The maximum Gasteiger partial charge on any atom is 0.248 e. The number of halogens is 2. The van der Waals surface area contributed by atoms with Crippen molar-refractivity contribution in [2.75, 3.05) is 5.32 Å². The van der Waals surface area contributed by atoms with Gasteiger partial charge in [-0.3, -0.25) is 4.79 Å². The topological polar surface area (TPSA) is 68.3 Å². The second-order valence-electron chi connectivity index (χ2n) is 8.17. The van der Waals surface area contributed by atoms with Crippen LogP contribution >= 0.6 is 23.2 Å². The van der Waals surface area contributed by atoms with Gasteiger partial charge in [-0.25, -0.2) is 4.98 Å². The van der Waals surface area contributed by atoms with Gasteiger partial charge in [0.2, 0.25) is 11.8 Å². The molecule has 0 atom stereocenters. The molecule has 2 aromatic heterocycles. The Morgan fingerprint density at radius 2 is 1.71 bits per heavy atom. The molecule has 0 unspecified atom stereocenters. The number of nitrogens with one attached hydrogen (secondary N) is 1. The van der Waals surface area contributed by atoms with Gasteiger partial charge in [-0.15, -0.1) is 0 Å². The van der Waals surface area contributed by atoms with Crippen molar-refractivity contribution in [2.24, 2.45) is 0 Å². The Labute approximate surface area is 212 Å². The molecular formula is C28H20Cl2N2O3. The van der Waals surface area contributed by atoms with E-state index in [1.54, 1.807) is 30.3 Å². The number of nitrogens with zero attached hydrogens (tertiary/aromatic N) is 1. The number of oxazole rings is 1. The fraction of sp³-hybridized carbons (Fsp3) is 0.0714. The maximum atomic E-state index is 12.6. The number of rotatable bonds is 5. The molecule has 0 radical (unpaired) electrons. The van der Waals surface area contributed by atoms with E-state index in [1.807, 2.05) is 56.3 Å². The van der Waals surface area contributed by atoms with Crippen molar-refractivity contribution in [1.29, 1.82) is 0 Å². The molecule has 0 spiro atoms. The van der Waals surface area contributed by atoms with E-state index in [1.165, 1.54) is 6.08 Å². The van der Waals surface area contributed by atoms with Crippen LogP contribution in [0.25, 0.3) is 40.0 Å². The first-order chi connectivity index (χ1) is 16.9. The van der Waals surface area contributed by atoms with Crippen LogP contribution in [0.2, 0.25) is 10.0 Å². The smallest absolute Gasteiger partial charge is 0.248 e. The van der Waals surface area contributed by atoms with Crippen LogP contribution in [-0.4, -0.2) is 10.9 Å². The highest BCUT2D eigenvalue weighted by atomic mass is 35.5. The Balaban J connectivity index is 1.31. The predicted molar refractivity (Wildman–Crippen MR) is 141 cm³/mol. The van der Waals surface area contributed by atoms with Crippen LogP contribution in [0, 0.1) is 13.8 Å². The van der Waals surface area contributed by atoms with E-state index in [0.29, 0.717) is 44.3 Å². The second-order valence-corrected chi connectivity index (χ2v) is 8.99. The Kier molecular flexibility index (Phi) is 6.20. The van der Waals surface area contributed by atoms with Gasteiger partial charge in [-0.2, -0.15) is 0 Å². The number of anilines is 1. The molecule has 0 saturated heterocycles. The third kappa shape index (κ3) is 5.02. The highest BCUT2D eigenvalue weighted by Gasteiger charge is 2.12. The molecule has 0 fully saturated rings. The molecule has 0 aliphatic rings. The first-order valence-electron chi connectivity index (χ1n) is 10.9. The molecule has 2 heterocycles. The second kappa shape index (κ2) is 9.45. The normalized spacial score (nSPS) is 11.4. The van der Waals surface area contributed by atoms with Crippen LogP contribution in [0.4, 0.5) is 5.69 Å². The summed E-state index contributed by atoms with van der Waals surface area (Å²) in [4.78, 5) is 17.1. The number of hydrogen-bond acceptors (Lipinski definition) is 4. The Hall–Kier alpha value is -3.80. The molecule has 1 N–H and O–H groups in total. The lowest BCUT2D eigenvalue weighted by molar-refractivity contribution is -0.111. The van der Waals surface area contributed by atoms with Crippen molar-refractivity contribution >= 4 is 52.0 Å². The lowest BCUT2D eigenvalue weighted by atomic mass is 10.1. The zero-order valence-electron chi connectivity index (χ0n) is 18.9. The zero-order chi connectivity index (χ0) is 24.5. The quantitative estimate of drug-likeness (QED) is 0.245. The summed E-state index contributed by atoms with van der Waals surface area (Å²) in [5.41, 5.74) is 5.56. The van der Waals surface area contributed by atoms with Crippen molar-refractivity contribution in [3.05, 3.63) is 99.7 Å². The average molecular weight is 503 g/mol. The summed E-state index contributed by atoms with van der Waals surface area (Å²) in [6, 6.07) is 20.4. The van der Waals surface area contributed by atoms with E-state index >= 15 is 0 Å². The number of carbonyl (C=O) groups is 1. The minimum atomic E-state index is -0.353. The summed E-state index contributed by atoms with van der Waals surface area (Å²) < 4.78 is 11.7. The lowest BCUT2D eigenvalue weighted by Gasteiger charge is -2.06. The number of benzene rings is 3. The summed E-state index contributed by atoms with van der Waals surface area (Å²) in [7, 11) is 0. The summed E-state index contributed by atoms with van der Waals surface area (Å²) in [5.74, 6) is 1.30. The third-order valence-electron chi connectivity index (χ3n) is 5.50. The van der Waals surface area contributed by atoms with E-state index < -0.39 is 0 Å².